The van der Waals surface area contributed by atoms with Crippen molar-refractivity contribution in [1.82, 2.24) is 14.9 Å². The molecule has 0 atom stereocenters. The van der Waals surface area contributed by atoms with E-state index in [4.69, 9.17) is 21.1 Å². The van der Waals surface area contributed by atoms with E-state index < -0.39 is 0 Å². The average Bonchev–Trinajstić information content (AvgIpc) is 3.14. The molecule has 0 amide bonds. The lowest BCUT2D eigenvalue weighted by atomic mass is 10.1. The van der Waals surface area contributed by atoms with E-state index in [1.54, 1.807) is 30.5 Å². The largest absolute Gasteiger partial charge is 0.493 e. The molecule has 2 aromatic carbocycles. The molecule has 3 rings (SSSR count). The predicted molar refractivity (Wildman–Crippen MR) is 96.6 cm³/mol. The minimum Gasteiger partial charge on any atom is -0.493 e. The van der Waals surface area contributed by atoms with Crippen LogP contribution in [0.5, 0.6) is 11.5 Å². The Morgan fingerprint density at radius 2 is 1.80 bits per heavy atom. The Kier molecular flexibility index (Phi) is 5.40. The normalized spacial score (nSPS) is 10.5. The summed E-state index contributed by atoms with van der Waals surface area (Å²) in [4.78, 5) is 0. The molecule has 0 unspecified atom stereocenters. The number of methoxy groups -OCH3 is 1. The van der Waals surface area contributed by atoms with Crippen molar-refractivity contribution in [2.75, 3.05) is 12.5 Å². The molecule has 0 saturated heterocycles. The van der Waals surface area contributed by atoms with Crippen LogP contribution in [-0.4, -0.2) is 22.0 Å². The van der Waals surface area contributed by atoms with Crippen LogP contribution in [0.4, 0.5) is 0 Å². The lowest BCUT2D eigenvalue weighted by molar-refractivity contribution is 0.284. The summed E-state index contributed by atoms with van der Waals surface area (Å²) in [7, 11) is 1.61. The van der Waals surface area contributed by atoms with E-state index in [-0.39, 0.29) is 0 Å². The molecule has 7 heteroatoms. The van der Waals surface area contributed by atoms with E-state index in [9.17, 15) is 0 Å². The number of halogens is 1. The van der Waals surface area contributed by atoms with Gasteiger partial charge >= 0.3 is 0 Å². The first-order valence-electron chi connectivity index (χ1n) is 7.79. The van der Waals surface area contributed by atoms with Crippen LogP contribution in [0.3, 0.4) is 0 Å². The summed E-state index contributed by atoms with van der Waals surface area (Å²) in [5.74, 6) is 1.25. The zero-order valence-corrected chi connectivity index (χ0v) is 14.8. The molecule has 1 aromatic heterocycles. The number of nitrogens with zero attached hydrogens (tertiary/aromatic N) is 3. The van der Waals surface area contributed by atoms with Crippen molar-refractivity contribution in [1.29, 1.82) is 0 Å². The van der Waals surface area contributed by atoms with Crippen molar-refractivity contribution >= 4 is 11.6 Å². The topological polar surface area (TPSA) is 61.2 Å². The van der Waals surface area contributed by atoms with Gasteiger partial charge in [-0.05, 0) is 24.1 Å². The van der Waals surface area contributed by atoms with Gasteiger partial charge in [0.2, 0.25) is 0 Å². The van der Waals surface area contributed by atoms with E-state index in [1.165, 1.54) is 5.56 Å². The summed E-state index contributed by atoms with van der Waals surface area (Å²) in [6.45, 7) is 3.01. The van der Waals surface area contributed by atoms with Crippen molar-refractivity contribution in [3.05, 3.63) is 70.8 Å². The first kappa shape index (κ1) is 17.1. The van der Waals surface area contributed by atoms with Crippen molar-refractivity contribution in [3.63, 3.8) is 0 Å². The second kappa shape index (κ2) is 7.90. The third-order valence-corrected chi connectivity index (χ3v) is 4.07. The Morgan fingerprint density at radius 3 is 2.48 bits per heavy atom. The van der Waals surface area contributed by atoms with E-state index in [0.29, 0.717) is 29.7 Å². The number of rotatable bonds is 7. The molecule has 0 bridgehead atoms. The number of benzene rings is 2. The Balaban J connectivity index is 1.71. The summed E-state index contributed by atoms with van der Waals surface area (Å²) in [6.07, 6.45) is 3.15. The number of aryl methyl sites for hydroxylation is 1. The predicted octanol–water partition coefficient (Wildman–Crippen LogP) is 3.57. The number of hydrogen-bond acceptors (Lipinski definition) is 5. The summed E-state index contributed by atoms with van der Waals surface area (Å²) in [5.41, 5.74) is 6.31. The Morgan fingerprint density at radius 1 is 1.08 bits per heavy atom. The molecule has 0 fully saturated rings. The highest BCUT2D eigenvalue weighted by Gasteiger charge is 2.11. The van der Waals surface area contributed by atoms with Crippen LogP contribution in [0.1, 0.15) is 16.7 Å². The lowest BCUT2D eigenvalue weighted by Gasteiger charge is -2.15. The second-order valence-electron chi connectivity index (χ2n) is 5.57. The highest BCUT2D eigenvalue weighted by atomic mass is 35.5. The smallest absolute Gasteiger partial charge is 0.163 e. The van der Waals surface area contributed by atoms with Gasteiger partial charge in [-0.2, -0.15) is 0 Å². The lowest BCUT2D eigenvalue weighted by Crippen LogP contribution is -2.12. The highest BCUT2D eigenvalue weighted by molar-refractivity contribution is 6.31. The zero-order valence-electron chi connectivity index (χ0n) is 14.1. The maximum atomic E-state index is 6.38. The molecule has 1 heterocycles. The number of nitrogens with one attached hydrogen (secondary N) is 1. The molecule has 130 valence electrons. The molecular weight excluding hydrogens is 340 g/mol. The van der Waals surface area contributed by atoms with Crippen LogP contribution in [0.15, 0.2) is 49.1 Å². The summed E-state index contributed by atoms with van der Waals surface area (Å²) in [6, 6.07) is 11.8. The summed E-state index contributed by atoms with van der Waals surface area (Å²) >= 11 is 6.38. The standard InChI is InChI=1S/C18H19ClN4O2/c1-13-3-5-14(6-4-13)10-25-18-8-16(19)15(7-17(18)24-2)9-22-23-11-20-21-12-23/h3-8,11-12,22H,9-10H2,1-2H3. The fraction of sp³-hybridized carbons (Fsp3) is 0.222. The maximum Gasteiger partial charge on any atom is 0.163 e. The van der Waals surface area contributed by atoms with Gasteiger partial charge in [0.15, 0.2) is 11.5 Å². The zero-order chi connectivity index (χ0) is 17.6. The van der Waals surface area contributed by atoms with Gasteiger partial charge < -0.3 is 14.9 Å². The van der Waals surface area contributed by atoms with Crippen LogP contribution in [-0.2, 0) is 13.2 Å². The Bertz CT molecular complexity index is 820. The molecule has 0 spiro atoms. The minimum atomic E-state index is 0.450. The van der Waals surface area contributed by atoms with Gasteiger partial charge in [-0.3, -0.25) is 0 Å². The molecule has 3 aromatic rings. The monoisotopic (exact) mass is 358 g/mol. The molecule has 6 nitrogen and oxygen atoms in total. The fourth-order valence-electron chi connectivity index (χ4n) is 2.29. The maximum absolute atomic E-state index is 6.38. The van der Waals surface area contributed by atoms with Crippen LogP contribution < -0.4 is 14.9 Å². The minimum absolute atomic E-state index is 0.450. The average molecular weight is 359 g/mol. The van der Waals surface area contributed by atoms with Crippen molar-refractivity contribution < 1.29 is 9.47 Å². The summed E-state index contributed by atoms with van der Waals surface area (Å²) in [5, 5.41) is 8.07. The first-order valence-corrected chi connectivity index (χ1v) is 8.17. The molecule has 0 radical (unpaired) electrons. The van der Waals surface area contributed by atoms with E-state index in [0.717, 1.165) is 11.1 Å². The fourth-order valence-corrected chi connectivity index (χ4v) is 2.51. The van der Waals surface area contributed by atoms with Gasteiger partial charge in [0, 0.05) is 11.1 Å². The van der Waals surface area contributed by atoms with Gasteiger partial charge in [-0.15, -0.1) is 10.2 Å². The van der Waals surface area contributed by atoms with E-state index in [1.807, 2.05) is 18.2 Å². The quantitative estimate of drug-likeness (QED) is 0.699. The van der Waals surface area contributed by atoms with Gasteiger partial charge in [-0.1, -0.05) is 41.4 Å². The molecule has 25 heavy (non-hydrogen) atoms. The third kappa shape index (κ3) is 4.42. The SMILES string of the molecule is COc1cc(CNn2cnnc2)c(Cl)cc1OCc1ccc(C)cc1. The van der Waals surface area contributed by atoms with Gasteiger partial charge in [0.05, 0.1) is 13.7 Å². The van der Waals surface area contributed by atoms with Gasteiger partial charge in [0.25, 0.3) is 0 Å². The Hall–Kier alpha value is -2.73. The van der Waals surface area contributed by atoms with Crippen LogP contribution in [0, 0.1) is 6.92 Å². The second-order valence-corrected chi connectivity index (χ2v) is 5.98. The van der Waals surface area contributed by atoms with Crippen LogP contribution >= 0.6 is 11.6 Å². The Labute approximate surface area is 151 Å². The first-order chi connectivity index (χ1) is 12.2. The molecule has 0 aliphatic carbocycles. The third-order valence-electron chi connectivity index (χ3n) is 3.72. The van der Waals surface area contributed by atoms with Gasteiger partial charge in [0.1, 0.15) is 19.3 Å². The number of aromatic nitrogens is 3. The molecular formula is C18H19ClN4O2. The number of ether oxygens (including phenoxy) is 2. The molecule has 0 saturated carbocycles. The van der Waals surface area contributed by atoms with Crippen LogP contribution in [0.25, 0.3) is 0 Å². The molecule has 0 aliphatic rings. The van der Waals surface area contributed by atoms with Crippen LogP contribution in [0.2, 0.25) is 5.02 Å². The number of hydrogen-bond donors (Lipinski definition) is 1. The molecule has 1 N–H and O–H groups in total. The summed E-state index contributed by atoms with van der Waals surface area (Å²) < 4.78 is 13.0. The van der Waals surface area contributed by atoms with Crippen molar-refractivity contribution in [2.45, 2.75) is 20.1 Å². The van der Waals surface area contributed by atoms with E-state index in [2.05, 4.69) is 34.7 Å². The molecule has 0 aliphatic heterocycles. The van der Waals surface area contributed by atoms with E-state index >= 15 is 0 Å². The van der Waals surface area contributed by atoms with Gasteiger partial charge in [-0.25, -0.2) is 4.68 Å². The van der Waals surface area contributed by atoms with Crippen molar-refractivity contribution in [3.8, 4) is 11.5 Å². The highest BCUT2D eigenvalue weighted by Crippen LogP contribution is 2.34. The van der Waals surface area contributed by atoms with Crippen molar-refractivity contribution in [2.24, 2.45) is 0 Å².